The molecule has 6 nitrogen and oxygen atoms in total. The smallest absolute Gasteiger partial charge is 0.407 e. The number of aromatic nitrogens is 1. The number of nitrogens with one attached hydrogen (secondary N) is 1. The number of carbonyl (C=O) groups is 1. The number of carbonyl (C=O) groups excluding carboxylic acids is 1. The van der Waals surface area contributed by atoms with Crippen LogP contribution in [0.5, 0.6) is 0 Å². The lowest BCUT2D eigenvalue weighted by atomic mass is 10.2. The molecule has 0 radical (unpaired) electrons. The fourth-order valence-electron chi connectivity index (χ4n) is 2.55. The van der Waals surface area contributed by atoms with Gasteiger partial charge in [0.05, 0.1) is 6.04 Å². The van der Waals surface area contributed by atoms with Crippen LogP contribution in [-0.4, -0.2) is 35.8 Å². The monoisotopic (exact) mass is 381 g/mol. The van der Waals surface area contributed by atoms with Gasteiger partial charge in [-0.05, 0) is 45.4 Å². The van der Waals surface area contributed by atoms with Gasteiger partial charge in [0, 0.05) is 17.6 Å². The Morgan fingerprint density at radius 1 is 1.48 bits per heavy atom. The van der Waals surface area contributed by atoms with Gasteiger partial charge in [-0.1, -0.05) is 15.9 Å². The van der Waals surface area contributed by atoms with Crippen LogP contribution in [0.4, 0.5) is 10.8 Å². The topological polar surface area (TPSA) is 67.6 Å². The molecule has 1 saturated heterocycles. The number of amides is 1. The van der Waals surface area contributed by atoms with Crippen LogP contribution in [0.2, 0.25) is 0 Å². The van der Waals surface area contributed by atoms with Gasteiger partial charge in [-0.3, -0.25) is 0 Å². The Morgan fingerprint density at radius 2 is 2.26 bits per heavy atom. The molecule has 2 heterocycles. The van der Waals surface area contributed by atoms with Gasteiger partial charge in [-0.25, -0.2) is 4.79 Å². The number of alkyl carbamates (subject to hydrolysis) is 1. The standard InChI is InChI=1S/C16H20BrN3O3/c1-16(2,3)23-15(21)18-11-6-7-20(9-11)14-19-12-5-4-10(17)8-13(12)22-14/h4-5,8,11H,6-7,9H2,1-3H3,(H,18,21)/t11-/m1/s1. The lowest BCUT2D eigenvalue weighted by molar-refractivity contribution is 0.0509. The maximum Gasteiger partial charge on any atom is 0.407 e. The van der Waals surface area contributed by atoms with Crippen molar-refractivity contribution in [2.45, 2.75) is 38.8 Å². The first kappa shape index (κ1) is 16.1. The summed E-state index contributed by atoms with van der Waals surface area (Å²) >= 11 is 3.42. The molecule has 0 spiro atoms. The molecule has 1 N–H and O–H groups in total. The molecular formula is C16H20BrN3O3. The van der Waals surface area contributed by atoms with Gasteiger partial charge in [0.15, 0.2) is 5.58 Å². The van der Waals surface area contributed by atoms with Crippen molar-refractivity contribution in [1.82, 2.24) is 10.3 Å². The molecule has 0 unspecified atom stereocenters. The van der Waals surface area contributed by atoms with Crippen LogP contribution in [0.15, 0.2) is 27.1 Å². The molecule has 7 heteroatoms. The summed E-state index contributed by atoms with van der Waals surface area (Å²) in [6.07, 6.45) is 0.452. The quantitative estimate of drug-likeness (QED) is 0.858. The summed E-state index contributed by atoms with van der Waals surface area (Å²) in [5, 5.41) is 2.90. The molecule has 0 bridgehead atoms. The van der Waals surface area contributed by atoms with E-state index in [0.717, 1.165) is 28.5 Å². The van der Waals surface area contributed by atoms with E-state index >= 15 is 0 Å². The van der Waals surface area contributed by atoms with E-state index in [4.69, 9.17) is 9.15 Å². The Labute approximate surface area is 143 Å². The fraction of sp³-hybridized carbons (Fsp3) is 0.500. The first-order valence-electron chi connectivity index (χ1n) is 7.61. The van der Waals surface area contributed by atoms with Crippen molar-refractivity contribution in [2.24, 2.45) is 0 Å². The SMILES string of the molecule is CC(C)(C)OC(=O)N[C@@H]1CCN(c2nc3ccc(Br)cc3o2)C1. The average molecular weight is 382 g/mol. The van der Waals surface area contributed by atoms with Crippen molar-refractivity contribution < 1.29 is 13.9 Å². The molecule has 1 amide bonds. The Morgan fingerprint density at radius 3 is 3.00 bits per heavy atom. The molecule has 1 atom stereocenters. The first-order valence-corrected chi connectivity index (χ1v) is 8.40. The first-order chi connectivity index (χ1) is 10.8. The van der Waals surface area contributed by atoms with Crippen LogP contribution in [0, 0.1) is 0 Å². The van der Waals surface area contributed by atoms with Crippen molar-refractivity contribution in [3.63, 3.8) is 0 Å². The number of halogens is 1. The Bertz CT molecular complexity index is 723. The van der Waals surface area contributed by atoms with Crippen molar-refractivity contribution in [3.05, 3.63) is 22.7 Å². The Hall–Kier alpha value is -1.76. The number of hydrogen-bond acceptors (Lipinski definition) is 5. The second-order valence-electron chi connectivity index (χ2n) is 6.69. The van der Waals surface area contributed by atoms with E-state index in [1.165, 1.54) is 0 Å². The third-order valence-corrected chi connectivity index (χ3v) is 4.01. The van der Waals surface area contributed by atoms with Crippen LogP contribution in [0.3, 0.4) is 0 Å². The number of hydrogen-bond donors (Lipinski definition) is 1. The number of anilines is 1. The fourth-order valence-corrected chi connectivity index (χ4v) is 2.89. The third-order valence-electron chi connectivity index (χ3n) is 3.52. The lowest BCUT2D eigenvalue weighted by Gasteiger charge is -2.21. The van der Waals surface area contributed by atoms with Crippen LogP contribution in [-0.2, 0) is 4.74 Å². The highest BCUT2D eigenvalue weighted by atomic mass is 79.9. The number of rotatable bonds is 2. The molecule has 3 rings (SSSR count). The number of benzene rings is 1. The molecule has 0 aliphatic carbocycles. The zero-order valence-corrected chi connectivity index (χ0v) is 15.0. The lowest BCUT2D eigenvalue weighted by Crippen LogP contribution is -2.40. The normalized spacial score (nSPS) is 18.4. The van der Waals surface area contributed by atoms with E-state index in [0.29, 0.717) is 12.6 Å². The number of fused-ring (bicyclic) bond motifs is 1. The molecule has 124 valence electrons. The number of oxazole rings is 1. The molecule has 1 aliphatic heterocycles. The maximum atomic E-state index is 11.8. The zero-order valence-electron chi connectivity index (χ0n) is 13.4. The highest BCUT2D eigenvalue weighted by molar-refractivity contribution is 9.10. The summed E-state index contributed by atoms with van der Waals surface area (Å²) in [4.78, 5) is 18.4. The average Bonchev–Trinajstić information content (AvgIpc) is 3.01. The zero-order chi connectivity index (χ0) is 16.6. The number of nitrogens with zero attached hydrogens (tertiary/aromatic N) is 2. The Kier molecular flexibility index (Phi) is 4.23. The van der Waals surface area contributed by atoms with E-state index in [1.807, 2.05) is 43.9 Å². The summed E-state index contributed by atoms with van der Waals surface area (Å²) < 4.78 is 12.1. The van der Waals surface area contributed by atoms with E-state index in [-0.39, 0.29) is 12.1 Å². The molecule has 0 saturated carbocycles. The minimum absolute atomic E-state index is 0.0339. The van der Waals surface area contributed by atoms with Crippen LogP contribution in [0.25, 0.3) is 11.1 Å². The van der Waals surface area contributed by atoms with E-state index in [2.05, 4.69) is 26.2 Å². The predicted molar refractivity (Wildman–Crippen MR) is 91.7 cm³/mol. The molecular weight excluding hydrogens is 362 g/mol. The van der Waals surface area contributed by atoms with E-state index < -0.39 is 5.60 Å². The van der Waals surface area contributed by atoms with Crippen LogP contribution in [0.1, 0.15) is 27.2 Å². The van der Waals surface area contributed by atoms with Crippen LogP contribution < -0.4 is 10.2 Å². The predicted octanol–water partition coefficient (Wildman–Crippen LogP) is 3.69. The minimum Gasteiger partial charge on any atom is -0.444 e. The number of ether oxygens (including phenoxy) is 1. The summed E-state index contributed by atoms with van der Waals surface area (Å²) in [6, 6.07) is 6.38. The largest absolute Gasteiger partial charge is 0.444 e. The second-order valence-corrected chi connectivity index (χ2v) is 7.60. The van der Waals surface area contributed by atoms with Gasteiger partial charge in [0.25, 0.3) is 6.01 Å². The molecule has 1 aromatic heterocycles. The summed E-state index contributed by atoms with van der Waals surface area (Å²) in [5.41, 5.74) is 1.08. The molecule has 2 aromatic rings. The Balaban J connectivity index is 1.63. The van der Waals surface area contributed by atoms with Gasteiger partial charge in [0.2, 0.25) is 0 Å². The maximum absolute atomic E-state index is 11.8. The van der Waals surface area contributed by atoms with Crippen molar-refractivity contribution in [1.29, 1.82) is 0 Å². The second kappa shape index (κ2) is 6.03. The van der Waals surface area contributed by atoms with Crippen molar-refractivity contribution >= 4 is 39.1 Å². The summed E-state index contributed by atoms with van der Waals surface area (Å²) in [6.45, 7) is 7.00. The summed E-state index contributed by atoms with van der Waals surface area (Å²) in [5.74, 6) is 0. The van der Waals surface area contributed by atoms with Gasteiger partial charge in [-0.15, -0.1) is 0 Å². The van der Waals surface area contributed by atoms with Crippen molar-refractivity contribution in [2.75, 3.05) is 18.0 Å². The summed E-state index contributed by atoms with van der Waals surface area (Å²) in [7, 11) is 0. The molecule has 23 heavy (non-hydrogen) atoms. The molecule has 1 fully saturated rings. The molecule has 1 aliphatic rings. The van der Waals surface area contributed by atoms with E-state index in [1.54, 1.807) is 0 Å². The van der Waals surface area contributed by atoms with Gasteiger partial charge in [-0.2, -0.15) is 4.98 Å². The highest BCUT2D eigenvalue weighted by Crippen LogP contribution is 2.27. The van der Waals surface area contributed by atoms with E-state index in [9.17, 15) is 4.79 Å². The molecule has 1 aromatic carbocycles. The highest BCUT2D eigenvalue weighted by Gasteiger charge is 2.28. The minimum atomic E-state index is -0.490. The van der Waals surface area contributed by atoms with Crippen molar-refractivity contribution in [3.8, 4) is 0 Å². The van der Waals surface area contributed by atoms with Gasteiger partial charge in [0.1, 0.15) is 11.1 Å². The third kappa shape index (κ3) is 3.96. The van der Waals surface area contributed by atoms with Crippen LogP contribution >= 0.6 is 15.9 Å². The van der Waals surface area contributed by atoms with Gasteiger partial charge < -0.3 is 19.4 Å². The van der Waals surface area contributed by atoms with Gasteiger partial charge >= 0.3 is 6.09 Å².